The van der Waals surface area contributed by atoms with E-state index in [-0.39, 0.29) is 6.61 Å². The molecule has 6 heteroatoms. The SMILES string of the molecule is CCOC(=O)COc1cc(C)nc2cc(OCC)c(OCC)cc12. The molecule has 0 saturated carbocycles. The Hall–Kier alpha value is -2.50. The average molecular weight is 333 g/mol. The van der Waals surface area contributed by atoms with Gasteiger partial charge in [0.15, 0.2) is 18.1 Å². The number of benzene rings is 1. The summed E-state index contributed by atoms with van der Waals surface area (Å²) >= 11 is 0. The molecule has 0 amide bonds. The molecular weight excluding hydrogens is 310 g/mol. The number of aryl methyl sites for hydroxylation is 1. The number of nitrogens with zero attached hydrogens (tertiary/aromatic N) is 1. The molecule has 0 aliphatic rings. The van der Waals surface area contributed by atoms with Gasteiger partial charge in [-0.25, -0.2) is 4.79 Å². The van der Waals surface area contributed by atoms with Crippen molar-refractivity contribution >= 4 is 16.9 Å². The standard InChI is InChI=1S/C18H23NO5/c1-5-21-16-9-13-14(10-17(16)22-6-2)19-12(4)8-15(13)24-11-18(20)23-7-3/h8-10H,5-7,11H2,1-4H3. The van der Waals surface area contributed by atoms with Crippen LogP contribution in [0.15, 0.2) is 18.2 Å². The largest absolute Gasteiger partial charge is 0.490 e. The second-order valence-electron chi connectivity index (χ2n) is 5.04. The molecule has 1 aromatic heterocycles. The molecule has 2 aromatic rings. The first kappa shape index (κ1) is 17.8. The third-order valence-electron chi connectivity index (χ3n) is 3.21. The zero-order chi connectivity index (χ0) is 17.5. The number of esters is 1. The molecule has 0 N–H and O–H groups in total. The Bertz CT molecular complexity index is 714. The van der Waals surface area contributed by atoms with E-state index in [1.54, 1.807) is 13.0 Å². The lowest BCUT2D eigenvalue weighted by atomic mass is 10.1. The van der Waals surface area contributed by atoms with E-state index in [1.165, 1.54) is 0 Å². The molecule has 0 radical (unpaired) electrons. The van der Waals surface area contributed by atoms with E-state index in [9.17, 15) is 4.79 Å². The van der Waals surface area contributed by atoms with Gasteiger partial charge < -0.3 is 18.9 Å². The van der Waals surface area contributed by atoms with Gasteiger partial charge in [-0.3, -0.25) is 4.98 Å². The molecule has 0 bridgehead atoms. The summed E-state index contributed by atoms with van der Waals surface area (Å²) in [5, 5.41) is 0.761. The molecule has 24 heavy (non-hydrogen) atoms. The molecule has 1 aromatic carbocycles. The third kappa shape index (κ3) is 4.28. The van der Waals surface area contributed by atoms with Crippen molar-refractivity contribution in [3.05, 3.63) is 23.9 Å². The number of ether oxygens (including phenoxy) is 4. The first-order chi connectivity index (χ1) is 11.6. The highest BCUT2D eigenvalue weighted by Crippen LogP contribution is 2.36. The maximum atomic E-state index is 11.5. The van der Waals surface area contributed by atoms with Crippen molar-refractivity contribution in [1.82, 2.24) is 4.98 Å². The Morgan fingerprint density at radius 2 is 1.58 bits per heavy atom. The summed E-state index contributed by atoms with van der Waals surface area (Å²) in [6.45, 7) is 8.67. The summed E-state index contributed by atoms with van der Waals surface area (Å²) < 4.78 is 21.8. The molecule has 0 aliphatic heterocycles. The fraction of sp³-hybridized carbons (Fsp3) is 0.444. The quantitative estimate of drug-likeness (QED) is 0.691. The van der Waals surface area contributed by atoms with Crippen LogP contribution in [0.1, 0.15) is 26.5 Å². The van der Waals surface area contributed by atoms with Gasteiger partial charge in [0.2, 0.25) is 0 Å². The van der Waals surface area contributed by atoms with Crippen LogP contribution in [0.25, 0.3) is 10.9 Å². The number of carbonyl (C=O) groups is 1. The number of rotatable bonds is 8. The highest BCUT2D eigenvalue weighted by Gasteiger charge is 2.14. The predicted octanol–water partition coefficient (Wildman–Crippen LogP) is 3.28. The number of fused-ring (bicyclic) bond motifs is 1. The van der Waals surface area contributed by atoms with Crippen LogP contribution in [-0.2, 0) is 9.53 Å². The highest BCUT2D eigenvalue weighted by atomic mass is 16.6. The van der Waals surface area contributed by atoms with Crippen molar-refractivity contribution in [1.29, 1.82) is 0 Å². The average Bonchev–Trinajstić information content (AvgIpc) is 2.54. The summed E-state index contributed by atoms with van der Waals surface area (Å²) in [5.41, 5.74) is 1.51. The maximum absolute atomic E-state index is 11.5. The topological polar surface area (TPSA) is 66.9 Å². The minimum atomic E-state index is -0.406. The lowest BCUT2D eigenvalue weighted by Crippen LogP contribution is -2.14. The molecule has 0 spiro atoms. The molecule has 0 atom stereocenters. The van der Waals surface area contributed by atoms with Crippen LogP contribution in [0.4, 0.5) is 0 Å². The molecule has 2 rings (SSSR count). The zero-order valence-electron chi connectivity index (χ0n) is 14.5. The number of hydrogen-bond donors (Lipinski definition) is 0. The van der Waals surface area contributed by atoms with Gasteiger partial charge in [-0.05, 0) is 33.8 Å². The monoisotopic (exact) mass is 333 g/mol. The van der Waals surface area contributed by atoms with Crippen LogP contribution < -0.4 is 14.2 Å². The highest BCUT2D eigenvalue weighted by molar-refractivity contribution is 5.88. The zero-order valence-corrected chi connectivity index (χ0v) is 14.5. The minimum absolute atomic E-state index is 0.149. The second-order valence-corrected chi connectivity index (χ2v) is 5.04. The van der Waals surface area contributed by atoms with E-state index in [0.717, 1.165) is 16.6 Å². The summed E-state index contributed by atoms with van der Waals surface area (Å²) in [6.07, 6.45) is 0. The third-order valence-corrected chi connectivity index (χ3v) is 3.21. The predicted molar refractivity (Wildman–Crippen MR) is 90.9 cm³/mol. The second kappa shape index (κ2) is 8.38. The van der Waals surface area contributed by atoms with Crippen molar-refractivity contribution in [2.45, 2.75) is 27.7 Å². The lowest BCUT2D eigenvalue weighted by Gasteiger charge is -2.14. The summed E-state index contributed by atoms with van der Waals surface area (Å²) in [4.78, 5) is 16.1. The van der Waals surface area contributed by atoms with E-state index < -0.39 is 5.97 Å². The fourth-order valence-corrected chi connectivity index (χ4v) is 2.32. The van der Waals surface area contributed by atoms with Gasteiger partial charge in [-0.15, -0.1) is 0 Å². The molecule has 0 aliphatic carbocycles. The van der Waals surface area contributed by atoms with Crippen molar-refractivity contribution in [3.63, 3.8) is 0 Å². The van der Waals surface area contributed by atoms with Gasteiger partial charge in [0.25, 0.3) is 0 Å². The van der Waals surface area contributed by atoms with E-state index >= 15 is 0 Å². The molecular formula is C18H23NO5. The first-order valence-electron chi connectivity index (χ1n) is 8.08. The van der Waals surface area contributed by atoms with Crippen molar-refractivity contribution in [3.8, 4) is 17.2 Å². The number of hydrogen-bond acceptors (Lipinski definition) is 6. The molecule has 1 heterocycles. The van der Waals surface area contributed by atoms with Gasteiger partial charge in [0.1, 0.15) is 5.75 Å². The Morgan fingerprint density at radius 1 is 0.917 bits per heavy atom. The number of aromatic nitrogens is 1. The van der Waals surface area contributed by atoms with Crippen molar-refractivity contribution in [2.75, 3.05) is 26.4 Å². The van der Waals surface area contributed by atoms with Gasteiger partial charge in [0, 0.05) is 23.2 Å². The summed E-state index contributed by atoms with van der Waals surface area (Å²) in [7, 11) is 0. The lowest BCUT2D eigenvalue weighted by molar-refractivity contribution is -0.145. The Kier molecular flexibility index (Phi) is 6.23. The molecule has 130 valence electrons. The van der Waals surface area contributed by atoms with E-state index in [1.807, 2.05) is 32.9 Å². The van der Waals surface area contributed by atoms with Crippen molar-refractivity contribution in [2.24, 2.45) is 0 Å². The number of pyridine rings is 1. The van der Waals surface area contributed by atoms with E-state index in [2.05, 4.69) is 4.98 Å². The minimum Gasteiger partial charge on any atom is -0.490 e. The molecule has 0 unspecified atom stereocenters. The number of carbonyl (C=O) groups excluding carboxylic acids is 1. The normalized spacial score (nSPS) is 10.5. The fourth-order valence-electron chi connectivity index (χ4n) is 2.32. The van der Waals surface area contributed by atoms with Crippen LogP contribution in [0.3, 0.4) is 0 Å². The van der Waals surface area contributed by atoms with E-state index in [4.69, 9.17) is 18.9 Å². The van der Waals surface area contributed by atoms with Crippen LogP contribution in [-0.4, -0.2) is 37.4 Å². The molecule has 0 saturated heterocycles. The van der Waals surface area contributed by atoms with Gasteiger partial charge in [-0.2, -0.15) is 0 Å². The Balaban J connectivity index is 2.42. The van der Waals surface area contributed by atoms with Gasteiger partial charge in [0.05, 0.1) is 25.3 Å². The Morgan fingerprint density at radius 3 is 2.21 bits per heavy atom. The molecule has 0 fully saturated rings. The van der Waals surface area contributed by atoms with Crippen LogP contribution >= 0.6 is 0 Å². The van der Waals surface area contributed by atoms with Crippen LogP contribution in [0.5, 0.6) is 17.2 Å². The first-order valence-corrected chi connectivity index (χ1v) is 8.08. The Labute approximate surface area is 141 Å². The van der Waals surface area contributed by atoms with Crippen LogP contribution in [0.2, 0.25) is 0 Å². The van der Waals surface area contributed by atoms with Gasteiger partial charge in [-0.1, -0.05) is 0 Å². The smallest absolute Gasteiger partial charge is 0.344 e. The van der Waals surface area contributed by atoms with E-state index in [0.29, 0.717) is 37.1 Å². The van der Waals surface area contributed by atoms with Crippen LogP contribution in [0, 0.1) is 6.92 Å². The van der Waals surface area contributed by atoms with Crippen molar-refractivity contribution < 1.29 is 23.7 Å². The summed E-state index contributed by atoms with van der Waals surface area (Å²) in [6, 6.07) is 5.45. The maximum Gasteiger partial charge on any atom is 0.344 e. The summed E-state index contributed by atoms with van der Waals surface area (Å²) in [5.74, 6) is 1.42. The molecule has 6 nitrogen and oxygen atoms in total. The van der Waals surface area contributed by atoms with Gasteiger partial charge >= 0.3 is 5.97 Å².